The molecule has 3 atom stereocenters. The lowest BCUT2D eigenvalue weighted by atomic mass is 9.68. The van der Waals surface area contributed by atoms with Gasteiger partial charge in [-0.2, -0.15) is 0 Å². The van der Waals surface area contributed by atoms with Crippen molar-refractivity contribution in [1.29, 1.82) is 0 Å². The molecule has 0 bridgehead atoms. The highest BCUT2D eigenvalue weighted by Crippen LogP contribution is 2.40. The molecule has 0 aliphatic heterocycles. The fraction of sp³-hybridized carbons (Fsp3) is 0.933. The minimum Gasteiger partial charge on any atom is -0.466 e. The van der Waals surface area contributed by atoms with Gasteiger partial charge in [0, 0.05) is 0 Å². The lowest BCUT2D eigenvalue weighted by molar-refractivity contribution is -0.152. The summed E-state index contributed by atoms with van der Waals surface area (Å²) in [5.41, 5.74) is 0. The molecule has 0 radical (unpaired) electrons. The third kappa shape index (κ3) is 3.72. The summed E-state index contributed by atoms with van der Waals surface area (Å²) in [5, 5.41) is 0. The van der Waals surface area contributed by atoms with Crippen molar-refractivity contribution in [2.75, 3.05) is 6.61 Å². The highest BCUT2D eigenvalue weighted by molar-refractivity contribution is 5.72. The Morgan fingerprint density at radius 3 is 2.41 bits per heavy atom. The lowest BCUT2D eigenvalue weighted by Crippen LogP contribution is -2.35. The molecule has 1 aliphatic carbocycles. The highest BCUT2D eigenvalue weighted by Gasteiger charge is 2.37. The number of ether oxygens (including phenoxy) is 1. The number of hydrogen-bond acceptors (Lipinski definition) is 2. The quantitative estimate of drug-likeness (QED) is 0.678. The van der Waals surface area contributed by atoms with E-state index in [4.69, 9.17) is 4.74 Å². The van der Waals surface area contributed by atoms with Gasteiger partial charge in [-0.05, 0) is 37.5 Å². The van der Waals surface area contributed by atoms with Gasteiger partial charge >= 0.3 is 5.97 Å². The van der Waals surface area contributed by atoms with E-state index in [1.165, 1.54) is 25.7 Å². The molecule has 1 rings (SSSR count). The second kappa shape index (κ2) is 7.03. The van der Waals surface area contributed by atoms with Gasteiger partial charge in [0.2, 0.25) is 0 Å². The van der Waals surface area contributed by atoms with Crippen LogP contribution in [0.15, 0.2) is 0 Å². The minimum absolute atomic E-state index is 0.0521. The van der Waals surface area contributed by atoms with Crippen LogP contribution in [-0.2, 0) is 9.53 Å². The fourth-order valence-corrected chi connectivity index (χ4v) is 3.48. The lowest BCUT2D eigenvalue weighted by Gasteiger charge is -2.37. The fourth-order valence-electron chi connectivity index (χ4n) is 3.48. The van der Waals surface area contributed by atoms with Crippen LogP contribution in [0.3, 0.4) is 0 Å². The van der Waals surface area contributed by atoms with Crippen LogP contribution in [0.2, 0.25) is 0 Å². The molecule has 17 heavy (non-hydrogen) atoms. The molecule has 0 spiro atoms. The number of esters is 1. The molecule has 1 aliphatic rings. The topological polar surface area (TPSA) is 26.3 Å². The second-order valence-corrected chi connectivity index (χ2v) is 5.62. The molecular formula is C15H28O2. The number of rotatable bonds is 5. The average molecular weight is 240 g/mol. The third-order valence-electron chi connectivity index (χ3n) is 4.29. The Labute approximate surface area is 106 Å². The molecule has 1 saturated carbocycles. The molecule has 3 unspecified atom stereocenters. The molecular weight excluding hydrogens is 212 g/mol. The second-order valence-electron chi connectivity index (χ2n) is 5.62. The first-order valence-corrected chi connectivity index (χ1v) is 7.28. The van der Waals surface area contributed by atoms with E-state index in [1.54, 1.807) is 0 Å². The zero-order valence-electron chi connectivity index (χ0n) is 11.9. The maximum atomic E-state index is 12.0. The molecule has 0 aromatic carbocycles. The van der Waals surface area contributed by atoms with Crippen molar-refractivity contribution in [2.24, 2.45) is 23.7 Å². The van der Waals surface area contributed by atoms with Crippen molar-refractivity contribution < 1.29 is 9.53 Å². The van der Waals surface area contributed by atoms with E-state index in [2.05, 4.69) is 20.8 Å². The maximum Gasteiger partial charge on any atom is 0.309 e. The zero-order valence-corrected chi connectivity index (χ0v) is 11.9. The first kappa shape index (κ1) is 14.5. The van der Waals surface area contributed by atoms with E-state index in [-0.39, 0.29) is 11.9 Å². The van der Waals surface area contributed by atoms with Crippen molar-refractivity contribution in [2.45, 2.75) is 59.8 Å². The van der Waals surface area contributed by atoms with Gasteiger partial charge in [0.25, 0.3) is 0 Å². The summed E-state index contributed by atoms with van der Waals surface area (Å²) >= 11 is 0. The van der Waals surface area contributed by atoms with E-state index in [1.807, 2.05) is 6.92 Å². The van der Waals surface area contributed by atoms with E-state index in [0.717, 1.165) is 6.42 Å². The molecule has 100 valence electrons. The molecule has 0 amide bonds. The molecule has 0 N–H and O–H groups in total. The van der Waals surface area contributed by atoms with E-state index in [9.17, 15) is 4.79 Å². The Bertz CT molecular complexity index is 235. The molecule has 0 aromatic rings. The smallest absolute Gasteiger partial charge is 0.309 e. The van der Waals surface area contributed by atoms with Gasteiger partial charge in [-0.1, -0.05) is 40.0 Å². The van der Waals surface area contributed by atoms with Gasteiger partial charge in [-0.3, -0.25) is 4.79 Å². The van der Waals surface area contributed by atoms with E-state index in [0.29, 0.717) is 24.4 Å². The van der Waals surface area contributed by atoms with Crippen LogP contribution in [0.25, 0.3) is 0 Å². The number of hydrogen-bond donors (Lipinski definition) is 0. The maximum absolute atomic E-state index is 12.0. The first-order chi connectivity index (χ1) is 8.11. The normalized spacial score (nSPS) is 26.9. The van der Waals surface area contributed by atoms with Crippen molar-refractivity contribution in [3.63, 3.8) is 0 Å². The van der Waals surface area contributed by atoms with Gasteiger partial charge in [-0.15, -0.1) is 0 Å². The van der Waals surface area contributed by atoms with Gasteiger partial charge in [0.05, 0.1) is 12.5 Å². The van der Waals surface area contributed by atoms with Crippen LogP contribution in [-0.4, -0.2) is 12.6 Å². The van der Waals surface area contributed by atoms with Crippen molar-refractivity contribution in [3.8, 4) is 0 Å². The molecule has 2 heteroatoms. The highest BCUT2D eigenvalue weighted by atomic mass is 16.5. The molecule has 0 aromatic heterocycles. The summed E-state index contributed by atoms with van der Waals surface area (Å²) in [4.78, 5) is 12.0. The Kier molecular flexibility index (Phi) is 6.01. The summed E-state index contributed by atoms with van der Waals surface area (Å²) in [6, 6.07) is 0. The predicted octanol–water partition coefficient (Wildman–Crippen LogP) is 4.04. The summed E-state index contributed by atoms with van der Waals surface area (Å²) in [7, 11) is 0. The SMILES string of the molecule is CCOC(=O)C1CCCCC1C(CC)C(C)C. The molecule has 0 heterocycles. The van der Waals surface area contributed by atoms with Crippen LogP contribution in [0, 0.1) is 23.7 Å². The van der Waals surface area contributed by atoms with Gasteiger partial charge in [0.15, 0.2) is 0 Å². The van der Waals surface area contributed by atoms with Crippen LogP contribution in [0.1, 0.15) is 59.8 Å². The summed E-state index contributed by atoms with van der Waals surface area (Å²) in [5.74, 6) is 2.10. The van der Waals surface area contributed by atoms with Crippen molar-refractivity contribution in [1.82, 2.24) is 0 Å². The van der Waals surface area contributed by atoms with Crippen LogP contribution >= 0.6 is 0 Å². The first-order valence-electron chi connectivity index (χ1n) is 7.28. The molecule has 2 nitrogen and oxygen atoms in total. The summed E-state index contributed by atoms with van der Waals surface area (Å²) < 4.78 is 5.25. The largest absolute Gasteiger partial charge is 0.466 e. The predicted molar refractivity (Wildman–Crippen MR) is 70.7 cm³/mol. The third-order valence-corrected chi connectivity index (χ3v) is 4.29. The standard InChI is InChI=1S/C15H28O2/c1-5-12(11(3)4)13-9-7-8-10-14(13)15(16)17-6-2/h11-14H,5-10H2,1-4H3. The van der Waals surface area contributed by atoms with Gasteiger partial charge < -0.3 is 4.74 Å². The number of carbonyl (C=O) groups is 1. The molecule has 0 saturated heterocycles. The number of carbonyl (C=O) groups excluding carboxylic acids is 1. The summed E-state index contributed by atoms with van der Waals surface area (Å²) in [6.45, 7) is 9.23. The van der Waals surface area contributed by atoms with Crippen molar-refractivity contribution in [3.05, 3.63) is 0 Å². The van der Waals surface area contributed by atoms with Crippen LogP contribution < -0.4 is 0 Å². The van der Waals surface area contributed by atoms with E-state index < -0.39 is 0 Å². The Balaban J connectivity index is 2.73. The Morgan fingerprint density at radius 1 is 1.24 bits per heavy atom. The summed E-state index contributed by atoms with van der Waals surface area (Å²) in [6.07, 6.45) is 5.89. The van der Waals surface area contributed by atoms with Crippen LogP contribution in [0.4, 0.5) is 0 Å². The van der Waals surface area contributed by atoms with Crippen LogP contribution in [0.5, 0.6) is 0 Å². The van der Waals surface area contributed by atoms with E-state index >= 15 is 0 Å². The Hall–Kier alpha value is -0.530. The monoisotopic (exact) mass is 240 g/mol. The average Bonchev–Trinajstić information content (AvgIpc) is 2.30. The van der Waals surface area contributed by atoms with Gasteiger partial charge in [0.1, 0.15) is 0 Å². The van der Waals surface area contributed by atoms with Crippen molar-refractivity contribution >= 4 is 5.97 Å². The molecule has 1 fully saturated rings. The minimum atomic E-state index is 0.0521. The Morgan fingerprint density at radius 2 is 1.88 bits per heavy atom. The van der Waals surface area contributed by atoms with Gasteiger partial charge in [-0.25, -0.2) is 0 Å². The zero-order chi connectivity index (χ0) is 12.8.